The number of piperazine rings is 1. The monoisotopic (exact) mass is 447 g/mol. The van der Waals surface area contributed by atoms with Gasteiger partial charge in [-0.2, -0.15) is 0 Å². The van der Waals surface area contributed by atoms with Crippen LogP contribution in [0.3, 0.4) is 0 Å². The van der Waals surface area contributed by atoms with E-state index in [1.165, 1.54) is 5.56 Å². The van der Waals surface area contributed by atoms with Gasteiger partial charge in [-0.1, -0.05) is 29.8 Å². The lowest BCUT2D eigenvalue weighted by atomic mass is 10.1. The lowest BCUT2D eigenvalue weighted by Gasteiger charge is -2.39. The van der Waals surface area contributed by atoms with Crippen LogP contribution in [0.2, 0.25) is 0 Å². The van der Waals surface area contributed by atoms with Crippen LogP contribution in [-0.4, -0.2) is 68.5 Å². The van der Waals surface area contributed by atoms with Crippen molar-refractivity contribution in [2.24, 2.45) is 0 Å². The number of hydrogen-bond acceptors (Lipinski definition) is 5. The van der Waals surface area contributed by atoms with E-state index >= 15 is 0 Å². The largest absolute Gasteiger partial charge is 0.381 e. The highest BCUT2D eigenvalue weighted by atomic mass is 16.5. The van der Waals surface area contributed by atoms with Gasteiger partial charge in [-0.3, -0.25) is 9.59 Å². The molecule has 2 amide bonds. The molecular formula is C25H29N5O3. The van der Waals surface area contributed by atoms with E-state index in [2.05, 4.69) is 26.7 Å². The number of benzene rings is 1. The minimum atomic E-state index is -0.521. The summed E-state index contributed by atoms with van der Waals surface area (Å²) in [5, 5.41) is 0. The predicted molar refractivity (Wildman–Crippen MR) is 124 cm³/mol. The van der Waals surface area contributed by atoms with Crippen molar-refractivity contribution in [2.45, 2.75) is 45.3 Å². The Morgan fingerprint density at radius 1 is 1.12 bits per heavy atom. The van der Waals surface area contributed by atoms with Gasteiger partial charge >= 0.3 is 0 Å². The number of carbonyl (C=O) groups is 2. The molecular weight excluding hydrogens is 418 g/mol. The van der Waals surface area contributed by atoms with Gasteiger partial charge in [0.25, 0.3) is 5.91 Å². The minimum Gasteiger partial charge on any atom is -0.381 e. The van der Waals surface area contributed by atoms with Crippen molar-refractivity contribution in [1.82, 2.24) is 24.3 Å². The Morgan fingerprint density at radius 2 is 1.88 bits per heavy atom. The van der Waals surface area contributed by atoms with Gasteiger partial charge in [0.1, 0.15) is 11.6 Å². The number of aryl methyl sites for hydroxylation is 1. The molecule has 8 heteroatoms. The first kappa shape index (κ1) is 21.6. The van der Waals surface area contributed by atoms with Gasteiger partial charge in [-0.05, 0) is 38.3 Å². The van der Waals surface area contributed by atoms with Crippen LogP contribution < -0.4 is 0 Å². The molecule has 4 heterocycles. The van der Waals surface area contributed by atoms with Crippen LogP contribution in [0.25, 0.3) is 11.2 Å². The van der Waals surface area contributed by atoms with Gasteiger partial charge in [0, 0.05) is 45.1 Å². The van der Waals surface area contributed by atoms with E-state index in [0.717, 1.165) is 37.3 Å². The normalized spacial score (nSPS) is 19.9. The molecule has 2 aliphatic rings. The zero-order chi connectivity index (χ0) is 22.9. The molecule has 2 saturated heterocycles. The fourth-order valence-electron chi connectivity index (χ4n) is 4.71. The summed E-state index contributed by atoms with van der Waals surface area (Å²) in [7, 11) is 0. The van der Waals surface area contributed by atoms with Crippen molar-refractivity contribution in [1.29, 1.82) is 0 Å². The van der Waals surface area contributed by atoms with E-state index < -0.39 is 6.04 Å². The molecule has 0 aliphatic carbocycles. The molecule has 0 spiro atoms. The zero-order valence-electron chi connectivity index (χ0n) is 19.1. The summed E-state index contributed by atoms with van der Waals surface area (Å²) in [6, 6.07) is 9.78. The highest BCUT2D eigenvalue weighted by Gasteiger charge is 2.35. The van der Waals surface area contributed by atoms with Crippen LogP contribution in [0.15, 0.2) is 42.9 Å². The summed E-state index contributed by atoms with van der Waals surface area (Å²) in [4.78, 5) is 38.8. The summed E-state index contributed by atoms with van der Waals surface area (Å²) in [6.07, 6.45) is 5.27. The van der Waals surface area contributed by atoms with Gasteiger partial charge in [-0.25, -0.2) is 9.97 Å². The second kappa shape index (κ2) is 8.94. The summed E-state index contributed by atoms with van der Waals surface area (Å²) < 4.78 is 7.54. The smallest absolute Gasteiger partial charge is 0.256 e. The number of fused-ring (bicyclic) bond motifs is 1. The third-order valence-corrected chi connectivity index (χ3v) is 6.75. The highest BCUT2D eigenvalue weighted by molar-refractivity contribution is 5.99. The Balaban J connectivity index is 1.30. The fraction of sp³-hybridized carbons (Fsp3) is 0.440. The van der Waals surface area contributed by atoms with Crippen LogP contribution >= 0.6 is 0 Å². The first-order chi connectivity index (χ1) is 16.0. The SMILES string of the molecule is Cc1ccc(CN2CCN(C(=O)c3cnc4c(c3)ncn4C3CCOCC3)C(C)C2=O)cc1. The molecule has 1 unspecified atom stereocenters. The summed E-state index contributed by atoms with van der Waals surface area (Å²) in [5.41, 5.74) is 4.23. The number of amides is 2. The average Bonchev–Trinajstić information content (AvgIpc) is 3.27. The number of pyridine rings is 1. The number of rotatable bonds is 4. The topological polar surface area (TPSA) is 80.6 Å². The molecule has 2 fully saturated rings. The summed E-state index contributed by atoms with van der Waals surface area (Å²) in [6.45, 7) is 6.88. The number of imidazole rings is 1. The van der Waals surface area contributed by atoms with Crippen molar-refractivity contribution < 1.29 is 14.3 Å². The molecule has 33 heavy (non-hydrogen) atoms. The molecule has 5 rings (SSSR count). The molecule has 3 aromatic rings. The summed E-state index contributed by atoms with van der Waals surface area (Å²) in [5.74, 6) is -0.214. The molecule has 0 radical (unpaired) electrons. The molecule has 8 nitrogen and oxygen atoms in total. The Kier molecular flexibility index (Phi) is 5.85. The predicted octanol–water partition coefficient (Wildman–Crippen LogP) is 2.96. The van der Waals surface area contributed by atoms with Crippen LogP contribution in [0.1, 0.15) is 47.3 Å². The van der Waals surface area contributed by atoms with E-state index in [9.17, 15) is 9.59 Å². The molecule has 2 aliphatic heterocycles. The molecule has 172 valence electrons. The van der Waals surface area contributed by atoms with E-state index in [1.807, 2.05) is 24.0 Å². The standard InChI is InChI=1S/C25H29N5O3/c1-17-3-5-19(6-4-17)15-28-9-10-29(18(2)24(28)31)25(32)20-13-22-23(26-14-20)30(16-27-22)21-7-11-33-12-8-21/h3-6,13-14,16,18,21H,7-12,15H2,1-2H3. The van der Waals surface area contributed by atoms with Crippen molar-refractivity contribution in [3.05, 3.63) is 59.5 Å². The third-order valence-electron chi connectivity index (χ3n) is 6.75. The molecule has 0 bridgehead atoms. The maximum Gasteiger partial charge on any atom is 0.256 e. The van der Waals surface area contributed by atoms with E-state index in [4.69, 9.17) is 4.74 Å². The molecule has 1 atom stereocenters. The maximum absolute atomic E-state index is 13.3. The van der Waals surface area contributed by atoms with Crippen LogP contribution in [0.5, 0.6) is 0 Å². The first-order valence-corrected chi connectivity index (χ1v) is 11.6. The van der Waals surface area contributed by atoms with Gasteiger partial charge in [0.05, 0.1) is 11.9 Å². The molecule has 0 saturated carbocycles. The van der Waals surface area contributed by atoms with E-state index in [1.54, 1.807) is 30.4 Å². The van der Waals surface area contributed by atoms with Gasteiger partial charge < -0.3 is 19.1 Å². The lowest BCUT2D eigenvalue weighted by Crippen LogP contribution is -2.57. The third kappa shape index (κ3) is 4.23. The van der Waals surface area contributed by atoms with Crippen LogP contribution in [-0.2, 0) is 16.1 Å². The first-order valence-electron chi connectivity index (χ1n) is 11.6. The maximum atomic E-state index is 13.3. The Bertz CT molecular complexity index is 1170. The lowest BCUT2D eigenvalue weighted by molar-refractivity contribution is -0.140. The van der Waals surface area contributed by atoms with Crippen molar-refractivity contribution in [3.8, 4) is 0 Å². The van der Waals surface area contributed by atoms with Crippen molar-refractivity contribution >= 4 is 23.0 Å². The minimum absolute atomic E-state index is 0.0343. The van der Waals surface area contributed by atoms with Gasteiger partial charge in [0.15, 0.2) is 5.65 Å². The highest BCUT2D eigenvalue weighted by Crippen LogP contribution is 2.25. The Hall–Kier alpha value is -3.26. The number of hydrogen-bond donors (Lipinski definition) is 0. The molecule has 1 aromatic carbocycles. The van der Waals surface area contributed by atoms with Crippen molar-refractivity contribution in [2.75, 3.05) is 26.3 Å². The molecule has 0 N–H and O–H groups in total. The number of nitrogens with zero attached hydrogens (tertiary/aromatic N) is 5. The number of carbonyl (C=O) groups excluding carboxylic acids is 2. The number of aromatic nitrogens is 3. The summed E-state index contributed by atoms with van der Waals surface area (Å²) >= 11 is 0. The van der Waals surface area contributed by atoms with Gasteiger partial charge in [-0.15, -0.1) is 0 Å². The van der Waals surface area contributed by atoms with E-state index in [-0.39, 0.29) is 11.8 Å². The average molecular weight is 448 g/mol. The number of ether oxygens (including phenoxy) is 1. The Labute approximate surface area is 193 Å². The fourth-order valence-corrected chi connectivity index (χ4v) is 4.71. The molecule has 2 aromatic heterocycles. The second-order valence-corrected chi connectivity index (χ2v) is 8.98. The second-order valence-electron chi connectivity index (χ2n) is 8.98. The zero-order valence-corrected chi connectivity index (χ0v) is 19.1. The van der Waals surface area contributed by atoms with Crippen molar-refractivity contribution in [3.63, 3.8) is 0 Å². The van der Waals surface area contributed by atoms with Crippen LogP contribution in [0.4, 0.5) is 0 Å². The quantitative estimate of drug-likeness (QED) is 0.614. The van der Waals surface area contributed by atoms with E-state index in [0.29, 0.717) is 36.8 Å². The van der Waals surface area contributed by atoms with Crippen LogP contribution in [0, 0.1) is 6.92 Å². The van der Waals surface area contributed by atoms with Gasteiger partial charge in [0.2, 0.25) is 5.91 Å². The Morgan fingerprint density at radius 3 is 2.64 bits per heavy atom.